The van der Waals surface area contributed by atoms with E-state index in [0.29, 0.717) is 18.7 Å². The lowest BCUT2D eigenvalue weighted by Crippen LogP contribution is -2.34. The minimum atomic E-state index is -0.451. The third-order valence-corrected chi connectivity index (χ3v) is 2.54. The summed E-state index contributed by atoms with van der Waals surface area (Å²) in [4.78, 5) is 27.9. The Morgan fingerprint density at radius 1 is 1.56 bits per heavy atom. The van der Waals surface area contributed by atoms with Gasteiger partial charge in [-0.1, -0.05) is 0 Å². The first-order valence-corrected chi connectivity index (χ1v) is 5.60. The summed E-state index contributed by atoms with van der Waals surface area (Å²) in [6, 6.07) is 3.57. The number of nitrogens with one attached hydrogen (secondary N) is 1. The molecule has 0 unspecified atom stereocenters. The fourth-order valence-corrected chi connectivity index (χ4v) is 1.61. The van der Waals surface area contributed by atoms with Crippen molar-refractivity contribution in [2.45, 2.75) is 6.92 Å². The molecule has 3 N–H and O–H groups in total. The Balaban J connectivity index is 2.48. The van der Waals surface area contributed by atoms with E-state index < -0.39 is 5.91 Å². The highest BCUT2D eigenvalue weighted by atomic mass is 16.2. The van der Waals surface area contributed by atoms with Gasteiger partial charge in [-0.25, -0.2) is 4.98 Å². The van der Waals surface area contributed by atoms with Gasteiger partial charge in [0, 0.05) is 25.5 Å². The van der Waals surface area contributed by atoms with E-state index in [1.165, 1.54) is 10.6 Å². The molecule has 0 radical (unpaired) electrons. The average molecular weight is 246 g/mol. The third-order valence-electron chi connectivity index (χ3n) is 2.54. The number of pyridine rings is 1. The molecule has 6 heteroatoms. The summed E-state index contributed by atoms with van der Waals surface area (Å²) in [6.45, 7) is 2.57. The van der Waals surface area contributed by atoms with E-state index in [-0.39, 0.29) is 11.1 Å². The van der Waals surface area contributed by atoms with Crippen molar-refractivity contribution in [3.63, 3.8) is 0 Å². The molecule has 0 aromatic carbocycles. The summed E-state index contributed by atoms with van der Waals surface area (Å²) in [5, 5.41) is 2.55. The molecular formula is C12H14N4O2. The number of aromatic nitrogens is 2. The van der Waals surface area contributed by atoms with Crippen LogP contribution >= 0.6 is 0 Å². The molecule has 2 aromatic heterocycles. The Labute approximate surface area is 103 Å². The molecular weight excluding hydrogens is 232 g/mol. The fourth-order valence-electron chi connectivity index (χ4n) is 1.61. The van der Waals surface area contributed by atoms with Crippen molar-refractivity contribution in [2.24, 2.45) is 5.73 Å². The molecule has 0 aliphatic heterocycles. The Kier molecular flexibility index (Phi) is 3.38. The van der Waals surface area contributed by atoms with Crippen LogP contribution in [0, 0.1) is 6.92 Å². The van der Waals surface area contributed by atoms with Gasteiger partial charge in [0.05, 0.1) is 0 Å². The Morgan fingerprint density at radius 3 is 3.06 bits per heavy atom. The van der Waals surface area contributed by atoms with Gasteiger partial charge >= 0.3 is 0 Å². The van der Waals surface area contributed by atoms with Gasteiger partial charge in [-0.2, -0.15) is 0 Å². The second-order valence-corrected chi connectivity index (χ2v) is 3.95. The van der Waals surface area contributed by atoms with Crippen LogP contribution in [0.25, 0.3) is 5.65 Å². The van der Waals surface area contributed by atoms with Crippen molar-refractivity contribution >= 4 is 11.6 Å². The van der Waals surface area contributed by atoms with E-state index in [0.717, 1.165) is 5.56 Å². The maximum absolute atomic E-state index is 12.1. The van der Waals surface area contributed by atoms with E-state index >= 15 is 0 Å². The molecule has 94 valence electrons. The van der Waals surface area contributed by atoms with Crippen molar-refractivity contribution in [1.82, 2.24) is 14.7 Å². The lowest BCUT2D eigenvalue weighted by molar-refractivity contribution is 0.0952. The molecule has 0 bridgehead atoms. The molecule has 1 amide bonds. The van der Waals surface area contributed by atoms with Crippen LogP contribution in [0.4, 0.5) is 0 Å². The SMILES string of the molecule is Cc1ccn2c(=O)c(C(=O)NCCN)cnc2c1. The molecule has 0 saturated carbocycles. The van der Waals surface area contributed by atoms with Gasteiger partial charge in [-0.05, 0) is 24.6 Å². The quantitative estimate of drug-likeness (QED) is 0.777. The fraction of sp³-hybridized carbons (Fsp3) is 0.250. The molecule has 0 aliphatic rings. The Hall–Kier alpha value is -2.21. The molecule has 2 aromatic rings. The largest absolute Gasteiger partial charge is 0.351 e. The van der Waals surface area contributed by atoms with Crippen LogP contribution in [-0.4, -0.2) is 28.4 Å². The van der Waals surface area contributed by atoms with Gasteiger partial charge < -0.3 is 11.1 Å². The summed E-state index contributed by atoms with van der Waals surface area (Å²) < 4.78 is 1.35. The van der Waals surface area contributed by atoms with Crippen LogP contribution < -0.4 is 16.6 Å². The highest BCUT2D eigenvalue weighted by Crippen LogP contribution is 2.02. The number of hydrogen-bond acceptors (Lipinski definition) is 4. The zero-order chi connectivity index (χ0) is 13.1. The number of carbonyl (C=O) groups excluding carboxylic acids is 1. The second kappa shape index (κ2) is 4.97. The molecule has 2 rings (SSSR count). The minimum Gasteiger partial charge on any atom is -0.351 e. The number of nitrogens with zero attached hydrogens (tertiary/aromatic N) is 2. The topological polar surface area (TPSA) is 89.5 Å². The highest BCUT2D eigenvalue weighted by molar-refractivity contribution is 5.93. The van der Waals surface area contributed by atoms with Crippen molar-refractivity contribution < 1.29 is 4.79 Å². The van der Waals surface area contributed by atoms with Crippen molar-refractivity contribution in [3.05, 3.63) is 46.0 Å². The van der Waals surface area contributed by atoms with Gasteiger partial charge in [0.25, 0.3) is 11.5 Å². The number of amides is 1. The van der Waals surface area contributed by atoms with Crippen LogP contribution in [-0.2, 0) is 0 Å². The Bertz CT molecular complexity index is 648. The normalized spacial score (nSPS) is 10.6. The molecule has 0 saturated heterocycles. The van der Waals surface area contributed by atoms with E-state index in [1.807, 2.05) is 6.92 Å². The molecule has 0 fully saturated rings. The van der Waals surface area contributed by atoms with Crippen molar-refractivity contribution in [3.8, 4) is 0 Å². The van der Waals surface area contributed by atoms with Crippen LogP contribution in [0.15, 0.2) is 29.3 Å². The summed E-state index contributed by atoms with van der Waals surface area (Å²) >= 11 is 0. The first-order chi connectivity index (χ1) is 8.63. The van der Waals surface area contributed by atoms with Crippen LogP contribution in [0.1, 0.15) is 15.9 Å². The predicted octanol–water partition coefficient (Wildman–Crippen LogP) is -0.309. The van der Waals surface area contributed by atoms with E-state index in [9.17, 15) is 9.59 Å². The maximum atomic E-state index is 12.1. The van der Waals surface area contributed by atoms with Gasteiger partial charge in [-0.15, -0.1) is 0 Å². The molecule has 6 nitrogen and oxygen atoms in total. The van der Waals surface area contributed by atoms with Gasteiger partial charge in [0.2, 0.25) is 0 Å². The van der Waals surface area contributed by atoms with Gasteiger partial charge in [-0.3, -0.25) is 14.0 Å². The highest BCUT2D eigenvalue weighted by Gasteiger charge is 2.12. The standard InChI is InChI=1S/C12H14N4O2/c1-8-2-5-16-10(6-8)15-7-9(12(16)18)11(17)14-4-3-13/h2,5-7H,3-4,13H2,1H3,(H,14,17). The number of hydrogen-bond donors (Lipinski definition) is 2. The smallest absolute Gasteiger partial charge is 0.270 e. The van der Waals surface area contributed by atoms with Crippen LogP contribution in [0.5, 0.6) is 0 Å². The molecule has 18 heavy (non-hydrogen) atoms. The van der Waals surface area contributed by atoms with Gasteiger partial charge in [0.1, 0.15) is 11.2 Å². The molecule has 0 spiro atoms. The summed E-state index contributed by atoms with van der Waals surface area (Å²) in [5.41, 5.74) is 6.45. The molecule has 0 aliphatic carbocycles. The number of rotatable bonds is 3. The van der Waals surface area contributed by atoms with E-state index in [1.54, 1.807) is 18.3 Å². The Morgan fingerprint density at radius 2 is 2.33 bits per heavy atom. The first-order valence-electron chi connectivity index (χ1n) is 5.60. The van der Waals surface area contributed by atoms with Crippen molar-refractivity contribution in [1.29, 1.82) is 0 Å². The summed E-state index contributed by atoms with van der Waals surface area (Å²) in [5.74, 6) is -0.451. The number of fused-ring (bicyclic) bond motifs is 1. The number of nitrogens with two attached hydrogens (primary N) is 1. The van der Waals surface area contributed by atoms with Crippen molar-refractivity contribution in [2.75, 3.05) is 13.1 Å². The predicted molar refractivity (Wildman–Crippen MR) is 67.6 cm³/mol. The average Bonchev–Trinajstić information content (AvgIpc) is 2.36. The molecule has 0 atom stereocenters. The van der Waals surface area contributed by atoms with E-state index in [2.05, 4.69) is 10.3 Å². The zero-order valence-electron chi connectivity index (χ0n) is 10.0. The number of aryl methyl sites for hydroxylation is 1. The van der Waals surface area contributed by atoms with Crippen LogP contribution in [0.2, 0.25) is 0 Å². The number of carbonyl (C=O) groups is 1. The molecule has 2 heterocycles. The van der Waals surface area contributed by atoms with Crippen LogP contribution in [0.3, 0.4) is 0 Å². The minimum absolute atomic E-state index is 0.0183. The third kappa shape index (κ3) is 2.23. The summed E-state index contributed by atoms with van der Waals surface area (Å²) in [7, 11) is 0. The summed E-state index contributed by atoms with van der Waals surface area (Å²) in [6.07, 6.45) is 2.91. The maximum Gasteiger partial charge on any atom is 0.270 e. The first kappa shape index (κ1) is 12.3. The van der Waals surface area contributed by atoms with E-state index in [4.69, 9.17) is 5.73 Å². The second-order valence-electron chi connectivity index (χ2n) is 3.95. The monoisotopic (exact) mass is 246 g/mol. The lowest BCUT2D eigenvalue weighted by Gasteiger charge is -2.05. The van der Waals surface area contributed by atoms with Gasteiger partial charge in [0.15, 0.2) is 0 Å². The lowest BCUT2D eigenvalue weighted by atomic mass is 10.2. The zero-order valence-corrected chi connectivity index (χ0v) is 10.0.